The van der Waals surface area contributed by atoms with E-state index >= 15 is 0 Å². The maximum Gasteiger partial charge on any atom is -0.269 e. The van der Waals surface area contributed by atoms with Crippen LogP contribution in [0.3, 0.4) is 0 Å². The molecular formula is C4H10FPt. The van der Waals surface area contributed by atoms with Crippen molar-refractivity contribution >= 4 is 0 Å². The first kappa shape index (κ1) is 9.79. The topological polar surface area (TPSA) is 0 Å². The molecule has 0 aliphatic heterocycles. The van der Waals surface area contributed by atoms with Crippen LogP contribution in [0.5, 0.6) is 0 Å². The predicted molar refractivity (Wildman–Crippen MR) is 22.2 cm³/mol. The average Bonchev–Trinajstić information content (AvgIpc) is 0.722. The Morgan fingerprint density at radius 3 is 1.17 bits per heavy atom. The van der Waals surface area contributed by atoms with Crippen LogP contribution in [0.1, 0.15) is 20.8 Å². The molecule has 0 saturated heterocycles. The number of hydrogen-bond acceptors (Lipinski definition) is 0. The second kappa shape index (κ2) is 2.74. The monoisotopic (exact) mass is 272 g/mol. The summed E-state index contributed by atoms with van der Waals surface area (Å²) in [4.78, 5) is 0. The van der Waals surface area contributed by atoms with Gasteiger partial charge in [0.25, 0.3) is 0 Å². The molecule has 0 aromatic heterocycles. The molecule has 0 fully saturated rings. The molecule has 0 heterocycles. The summed E-state index contributed by atoms with van der Waals surface area (Å²) in [5.74, 6) is 0. The fourth-order valence-corrected chi connectivity index (χ4v) is 0. The molecule has 0 saturated carbocycles. The quantitative estimate of drug-likeness (QED) is 0.632. The van der Waals surface area contributed by atoms with Gasteiger partial charge in [-0.2, -0.15) is 0 Å². The Bertz CT molecular complexity index is 23.0. The Kier molecular flexibility index (Phi) is 4.47. The van der Waals surface area contributed by atoms with E-state index in [1.807, 2.05) is 0 Å². The fourth-order valence-electron chi connectivity index (χ4n) is 0. The Hall–Kier alpha value is 0.618. The van der Waals surface area contributed by atoms with Gasteiger partial charge in [0.05, 0.1) is 0 Å². The summed E-state index contributed by atoms with van der Waals surface area (Å²) < 4.78 is 0.472. The zero-order chi connectivity index (χ0) is 4.50. The molecule has 43 valence electrons. The number of rotatable bonds is 0. The number of hydrogen-bond donors (Lipinski definition) is 0. The van der Waals surface area contributed by atoms with E-state index < -0.39 is 0 Å². The first-order valence-corrected chi connectivity index (χ1v) is 2.79. The molecule has 0 N–H and O–H groups in total. The van der Waals surface area contributed by atoms with Gasteiger partial charge < -0.3 is 0 Å². The Labute approximate surface area is 49.6 Å². The van der Waals surface area contributed by atoms with Gasteiger partial charge in [-0.1, -0.05) is 0 Å². The first-order valence-electron chi connectivity index (χ1n) is 1.66. The van der Waals surface area contributed by atoms with Crippen LogP contribution in [0, 0.1) is 0 Å². The summed E-state index contributed by atoms with van der Waals surface area (Å²) in [6.45, 7) is 6.53. The van der Waals surface area contributed by atoms with E-state index in [1.165, 1.54) is 0 Å². The SMILES string of the molecule is C[C](C)(C)[Pt].F. The summed E-state index contributed by atoms with van der Waals surface area (Å²) >= 11 is 2.36. The van der Waals surface area contributed by atoms with E-state index in [2.05, 4.69) is 40.6 Å². The van der Waals surface area contributed by atoms with E-state index in [0.717, 1.165) is 0 Å². The second-order valence-electron chi connectivity index (χ2n) is 1.97. The summed E-state index contributed by atoms with van der Waals surface area (Å²) in [7, 11) is 0. The second-order valence-corrected chi connectivity index (χ2v) is 5.38. The van der Waals surface area contributed by atoms with E-state index in [9.17, 15) is 0 Å². The first-order chi connectivity index (χ1) is 2.00. The normalized spacial score (nSPS) is 10.2. The van der Waals surface area contributed by atoms with Gasteiger partial charge in [-0.3, -0.25) is 4.70 Å². The van der Waals surface area contributed by atoms with E-state index in [-0.39, 0.29) is 4.70 Å². The molecule has 2 heteroatoms. The van der Waals surface area contributed by atoms with Crippen molar-refractivity contribution in [3.05, 3.63) is 0 Å². The molecular weight excluding hydrogens is 262 g/mol. The summed E-state index contributed by atoms with van der Waals surface area (Å²) in [6.07, 6.45) is 0. The Balaban J connectivity index is 0. The standard InChI is InChI=1S/C4H9.FH.Pt/c1-4(2)3;;/h1-3H3;1H;. The van der Waals surface area contributed by atoms with Gasteiger partial charge in [0.2, 0.25) is 0 Å². The van der Waals surface area contributed by atoms with Crippen LogP contribution in [0.25, 0.3) is 0 Å². The van der Waals surface area contributed by atoms with Crippen LogP contribution >= 0.6 is 0 Å². The van der Waals surface area contributed by atoms with Crippen molar-refractivity contribution in [1.82, 2.24) is 0 Å². The molecule has 0 aromatic carbocycles. The van der Waals surface area contributed by atoms with Crippen LogP contribution in [-0.4, -0.2) is 0 Å². The van der Waals surface area contributed by atoms with Gasteiger partial charge in [0.15, 0.2) is 0 Å². The molecule has 0 rings (SSSR count). The third-order valence-electron chi connectivity index (χ3n) is 0. The van der Waals surface area contributed by atoms with Crippen LogP contribution in [0.4, 0.5) is 4.70 Å². The largest absolute Gasteiger partial charge is 0.269 e. The van der Waals surface area contributed by atoms with Crippen molar-refractivity contribution in [3.8, 4) is 0 Å². The van der Waals surface area contributed by atoms with Crippen LogP contribution in [0.15, 0.2) is 0 Å². The van der Waals surface area contributed by atoms with Gasteiger partial charge >= 0.3 is 44.4 Å². The van der Waals surface area contributed by atoms with Crippen molar-refractivity contribution in [1.29, 1.82) is 0 Å². The molecule has 6 heavy (non-hydrogen) atoms. The van der Waals surface area contributed by atoms with Crippen LogP contribution in [-0.2, 0) is 19.8 Å². The van der Waals surface area contributed by atoms with E-state index in [1.54, 1.807) is 0 Å². The number of halogens is 1. The molecule has 0 bridgehead atoms. The van der Waals surface area contributed by atoms with Crippen molar-refractivity contribution in [2.45, 2.75) is 24.6 Å². The minimum absolute atomic E-state index is 0. The van der Waals surface area contributed by atoms with E-state index in [4.69, 9.17) is 0 Å². The van der Waals surface area contributed by atoms with Gasteiger partial charge in [-0.15, -0.1) is 0 Å². The minimum atomic E-state index is 0. The minimum Gasteiger partial charge on any atom is -0.269 e. The third kappa shape index (κ3) is 158. The molecule has 0 nitrogen and oxygen atoms in total. The van der Waals surface area contributed by atoms with E-state index in [0.29, 0.717) is 3.80 Å². The molecule has 0 atom stereocenters. The fraction of sp³-hybridized carbons (Fsp3) is 1.00. The summed E-state index contributed by atoms with van der Waals surface area (Å²) in [5.41, 5.74) is 0. The summed E-state index contributed by atoms with van der Waals surface area (Å²) in [5, 5.41) is 0. The average molecular weight is 272 g/mol. The van der Waals surface area contributed by atoms with Gasteiger partial charge in [0.1, 0.15) is 0 Å². The zero-order valence-corrected chi connectivity index (χ0v) is 6.50. The van der Waals surface area contributed by atoms with Gasteiger partial charge in [0, 0.05) is 0 Å². The maximum absolute atomic E-state index is 2.36. The third-order valence-corrected chi connectivity index (χ3v) is 0. The van der Waals surface area contributed by atoms with Crippen molar-refractivity contribution in [3.63, 3.8) is 0 Å². The van der Waals surface area contributed by atoms with Crippen LogP contribution < -0.4 is 0 Å². The molecule has 0 unspecified atom stereocenters. The molecule has 0 amide bonds. The Morgan fingerprint density at radius 1 is 1.17 bits per heavy atom. The Morgan fingerprint density at radius 2 is 1.17 bits per heavy atom. The molecule has 0 aliphatic rings. The van der Waals surface area contributed by atoms with Crippen LogP contribution in [0.2, 0.25) is 3.80 Å². The van der Waals surface area contributed by atoms with Crippen molar-refractivity contribution in [2.75, 3.05) is 0 Å². The predicted octanol–water partition coefficient (Wildman–Crippen LogP) is 1.90. The maximum atomic E-state index is 2.36. The zero-order valence-electron chi connectivity index (χ0n) is 4.22. The molecule has 0 spiro atoms. The molecule has 0 radical (unpaired) electrons. The van der Waals surface area contributed by atoms with Crippen molar-refractivity contribution < 1.29 is 24.5 Å². The smallest absolute Gasteiger partial charge is 0.269 e. The molecule has 0 aromatic rings. The summed E-state index contributed by atoms with van der Waals surface area (Å²) in [6, 6.07) is 0. The molecule has 0 aliphatic carbocycles. The van der Waals surface area contributed by atoms with Crippen molar-refractivity contribution in [2.24, 2.45) is 0 Å². The van der Waals surface area contributed by atoms with Gasteiger partial charge in [-0.25, -0.2) is 0 Å². The van der Waals surface area contributed by atoms with Gasteiger partial charge in [-0.05, 0) is 0 Å².